The smallest absolute Gasteiger partial charge is 0.263 e. The first-order chi connectivity index (χ1) is 8.58. The summed E-state index contributed by atoms with van der Waals surface area (Å²) in [7, 11) is -3.39. The van der Waals surface area contributed by atoms with Crippen LogP contribution < -0.4 is 4.72 Å². The lowest BCUT2D eigenvalue weighted by molar-refractivity contribution is 0.529. The van der Waals surface area contributed by atoms with Crippen molar-refractivity contribution in [3.05, 3.63) is 29.8 Å². The highest BCUT2D eigenvalue weighted by molar-refractivity contribution is 7.90. The number of nitrogens with one attached hydrogen (secondary N) is 1. The molecule has 1 aromatic carbocycles. The Balaban J connectivity index is 2.04. The molecule has 0 spiro atoms. The molecule has 0 amide bonds. The summed E-state index contributed by atoms with van der Waals surface area (Å²) in [4.78, 5) is 4.96. The van der Waals surface area contributed by atoms with Crippen molar-refractivity contribution in [2.45, 2.75) is 37.1 Å². The molecule has 0 radical (unpaired) electrons. The second-order valence-electron chi connectivity index (χ2n) is 5.05. The monoisotopic (exact) mass is 264 g/mol. The van der Waals surface area contributed by atoms with Crippen molar-refractivity contribution >= 4 is 15.9 Å². The van der Waals surface area contributed by atoms with Gasteiger partial charge in [0.2, 0.25) is 0 Å². The van der Waals surface area contributed by atoms with E-state index < -0.39 is 10.0 Å². The number of rotatable bonds is 1. The van der Waals surface area contributed by atoms with E-state index in [0.717, 1.165) is 6.42 Å². The van der Waals surface area contributed by atoms with Crippen LogP contribution in [0.1, 0.15) is 31.7 Å². The van der Waals surface area contributed by atoms with Gasteiger partial charge in [0.15, 0.2) is 0 Å². The van der Waals surface area contributed by atoms with Crippen molar-refractivity contribution in [1.82, 2.24) is 4.72 Å². The van der Waals surface area contributed by atoms with Crippen molar-refractivity contribution in [2.24, 2.45) is 10.9 Å². The second kappa shape index (κ2) is 4.09. The Morgan fingerprint density at radius 3 is 2.78 bits per heavy atom. The third-order valence-electron chi connectivity index (χ3n) is 3.77. The number of hydrogen-bond donors (Lipinski definition) is 1. The van der Waals surface area contributed by atoms with E-state index in [0.29, 0.717) is 22.2 Å². The molecule has 0 aromatic heterocycles. The van der Waals surface area contributed by atoms with Crippen LogP contribution in [0.25, 0.3) is 0 Å². The minimum Gasteiger partial charge on any atom is -0.264 e. The maximum Gasteiger partial charge on any atom is 0.263 e. The van der Waals surface area contributed by atoms with E-state index >= 15 is 0 Å². The Labute approximate surface area is 107 Å². The van der Waals surface area contributed by atoms with Crippen LogP contribution in [-0.4, -0.2) is 20.3 Å². The molecule has 1 N–H and O–H groups in total. The Bertz CT molecular complexity index is 607. The van der Waals surface area contributed by atoms with Crippen LogP contribution >= 0.6 is 0 Å². The van der Waals surface area contributed by atoms with Gasteiger partial charge in [0, 0.05) is 5.56 Å². The van der Waals surface area contributed by atoms with E-state index in [1.165, 1.54) is 12.8 Å². The molecule has 18 heavy (non-hydrogen) atoms. The van der Waals surface area contributed by atoms with E-state index in [9.17, 15) is 8.42 Å². The number of hydrogen-bond acceptors (Lipinski definition) is 3. The molecule has 1 aromatic rings. The third-order valence-corrected chi connectivity index (χ3v) is 5.17. The van der Waals surface area contributed by atoms with Crippen molar-refractivity contribution in [3.8, 4) is 0 Å². The highest BCUT2D eigenvalue weighted by Gasteiger charge is 2.32. The van der Waals surface area contributed by atoms with Gasteiger partial charge in [-0.2, -0.15) is 0 Å². The third kappa shape index (κ3) is 1.82. The highest BCUT2D eigenvalue weighted by Crippen LogP contribution is 2.30. The first-order valence-electron chi connectivity index (χ1n) is 6.28. The Kier molecular flexibility index (Phi) is 2.66. The zero-order chi connectivity index (χ0) is 12.8. The van der Waals surface area contributed by atoms with Gasteiger partial charge in [-0.1, -0.05) is 25.5 Å². The van der Waals surface area contributed by atoms with Gasteiger partial charge >= 0.3 is 0 Å². The van der Waals surface area contributed by atoms with Crippen molar-refractivity contribution in [1.29, 1.82) is 0 Å². The summed E-state index contributed by atoms with van der Waals surface area (Å²) in [6, 6.07) is 7.26. The number of benzene rings is 1. The van der Waals surface area contributed by atoms with Gasteiger partial charge in [-0.25, -0.2) is 8.42 Å². The van der Waals surface area contributed by atoms with E-state index in [2.05, 4.69) is 16.6 Å². The van der Waals surface area contributed by atoms with E-state index in [-0.39, 0.29) is 6.04 Å². The molecule has 1 aliphatic heterocycles. The molecule has 2 unspecified atom stereocenters. The summed E-state index contributed by atoms with van der Waals surface area (Å²) >= 11 is 0. The fraction of sp³-hybridized carbons (Fsp3) is 0.462. The molecule has 1 aliphatic carbocycles. The van der Waals surface area contributed by atoms with Crippen LogP contribution in [0.2, 0.25) is 0 Å². The summed E-state index contributed by atoms with van der Waals surface area (Å²) in [6.07, 6.45) is 3.40. The van der Waals surface area contributed by atoms with Crippen molar-refractivity contribution in [3.63, 3.8) is 0 Å². The molecule has 4 nitrogen and oxygen atoms in total. The topological polar surface area (TPSA) is 58.5 Å². The lowest BCUT2D eigenvalue weighted by atomic mass is 10.1. The molecule has 2 aliphatic rings. The van der Waals surface area contributed by atoms with Gasteiger partial charge in [-0.05, 0) is 30.9 Å². The zero-order valence-electron chi connectivity index (χ0n) is 10.3. The number of nitrogens with zero attached hydrogens (tertiary/aromatic N) is 1. The molecular weight excluding hydrogens is 248 g/mol. The molecule has 0 bridgehead atoms. The van der Waals surface area contributed by atoms with E-state index in [4.69, 9.17) is 0 Å². The summed E-state index contributed by atoms with van der Waals surface area (Å²) in [5.41, 5.74) is 0.705. The SMILES string of the molecule is CC1CCCC1N=C1NS(=O)(=O)c2ccccc21. The quantitative estimate of drug-likeness (QED) is 0.842. The number of sulfonamides is 1. The van der Waals surface area contributed by atoms with E-state index in [1.807, 2.05) is 12.1 Å². The summed E-state index contributed by atoms with van der Waals surface area (Å²) < 4.78 is 26.4. The summed E-state index contributed by atoms with van der Waals surface area (Å²) in [5.74, 6) is 1.05. The largest absolute Gasteiger partial charge is 0.264 e. The molecule has 1 heterocycles. The molecule has 1 saturated carbocycles. The molecule has 3 rings (SSSR count). The predicted octanol–water partition coefficient (Wildman–Crippen LogP) is 1.91. The van der Waals surface area contributed by atoms with Crippen molar-refractivity contribution in [2.75, 3.05) is 0 Å². The van der Waals surface area contributed by atoms with Crippen LogP contribution in [0, 0.1) is 5.92 Å². The average Bonchev–Trinajstić information content (AvgIpc) is 2.84. The van der Waals surface area contributed by atoms with Gasteiger partial charge in [0.25, 0.3) is 10.0 Å². The number of fused-ring (bicyclic) bond motifs is 1. The zero-order valence-corrected chi connectivity index (χ0v) is 11.1. The lowest BCUT2D eigenvalue weighted by Crippen LogP contribution is -2.24. The predicted molar refractivity (Wildman–Crippen MR) is 70.1 cm³/mol. The van der Waals surface area contributed by atoms with Gasteiger partial charge in [0.1, 0.15) is 5.84 Å². The molecule has 5 heteroatoms. The number of amidine groups is 1. The van der Waals surface area contributed by atoms with Gasteiger partial charge in [0.05, 0.1) is 10.9 Å². The standard InChI is InChI=1S/C13H16N2O2S/c1-9-5-4-7-11(9)14-13-10-6-2-3-8-12(10)18(16,17)15-13/h2-3,6,8-9,11H,4-5,7H2,1H3,(H,14,15). The maximum absolute atomic E-state index is 11.9. The summed E-state index contributed by atoms with van der Waals surface area (Å²) in [5, 5.41) is 0. The maximum atomic E-state index is 11.9. The van der Waals surface area contributed by atoms with Crippen LogP contribution in [0.4, 0.5) is 0 Å². The lowest BCUT2D eigenvalue weighted by Gasteiger charge is -2.11. The van der Waals surface area contributed by atoms with Crippen molar-refractivity contribution < 1.29 is 8.42 Å². The molecule has 1 fully saturated rings. The highest BCUT2D eigenvalue weighted by atomic mass is 32.2. The van der Waals surface area contributed by atoms with Gasteiger partial charge < -0.3 is 0 Å². The molecule has 2 atom stereocenters. The minimum atomic E-state index is -3.39. The van der Waals surface area contributed by atoms with Gasteiger partial charge in [-0.15, -0.1) is 0 Å². The first kappa shape index (κ1) is 11.7. The fourth-order valence-corrected chi connectivity index (χ4v) is 3.95. The fourth-order valence-electron chi connectivity index (χ4n) is 2.71. The number of aliphatic imine (C=N–C) groups is 1. The average molecular weight is 264 g/mol. The summed E-state index contributed by atoms with van der Waals surface area (Å²) in [6.45, 7) is 2.18. The first-order valence-corrected chi connectivity index (χ1v) is 7.76. The van der Waals surface area contributed by atoms with Crippen LogP contribution in [0.3, 0.4) is 0 Å². The van der Waals surface area contributed by atoms with Gasteiger partial charge in [-0.3, -0.25) is 9.71 Å². The Hall–Kier alpha value is -1.36. The van der Waals surface area contributed by atoms with E-state index in [1.54, 1.807) is 12.1 Å². The van der Waals surface area contributed by atoms with Crippen LogP contribution in [-0.2, 0) is 10.0 Å². The molecular formula is C13H16N2O2S. The van der Waals surface area contributed by atoms with Crippen LogP contribution in [0.5, 0.6) is 0 Å². The normalized spacial score (nSPS) is 31.3. The molecule has 96 valence electrons. The Morgan fingerprint density at radius 1 is 1.28 bits per heavy atom. The minimum absolute atomic E-state index is 0.244. The molecule has 0 saturated heterocycles. The van der Waals surface area contributed by atoms with Crippen LogP contribution in [0.15, 0.2) is 34.2 Å². The second-order valence-corrected chi connectivity index (χ2v) is 6.71. The Morgan fingerprint density at radius 2 is 2.06 bits per heavy atom.